The normalized spacial score (nSPS) is 25.9. The number of nitrogens with one attached hydrogen (secondary N) is 2. The van der Waals surface area contributed by atoms with Crippen LogP contribution in [0.1, 0.15) is 41.6 Å². The molecule has 0 atom stereocenters. The van der Waals surface area contributed by atoms with E-state index >= 15 is 0 Å². The van der Waals surface area contributed by atoms with Gasteiger partial charge in [-0.3, -0.25) is 13.8 Å². The lowest BCUT2D eigenvalue weighted by Crippen LogP contribution is -2.78. The van der Waals surface area contributed by atoms with Gasteiger partial charge in [-0.05, 0) is 68.1 Å². The number of carbonyl (C=O) groups is 1. The predicted octanol–water partition coefficient (Wildman–Crippen LogP) is 4.26. The van der Waals surface area contributed by atoms with Gasteiger partial charge in [-0.1, -0.05) is 0 Å². The van der Waals surface area contributed by atoms with E-state index in [1.807, 2.05) is 4.72 Å². The zero-order chi connectivity index (χ0) is 28.6. The van der Waals surface area contributed by atoms with Crippen molar-refractivity contribution in [3.8, 4) is 0 Å². The molecule has 3 aliphatic carbocycles. The molecule has 6 rings (SSSR count). The Morgan fingerprint density at radius 2 is 1.56 bits per heavy atom. The van der Waals surface area contributed by atoms with Crippen LogP contribution in [0.4, 0.5) is 37.7 Å². The summed E-state index contributed by atoms with van der Waals surface area (Å²) in [5.74, 6) is -1.08. The minimum absolute atomic E-state index is 0.0620. The zero-order valence-electron chi connectivity index (χ0n) is 19.9. The monoisotopic (exact) mass is 597 g/mol. The van der Waals surface area contributed by atoms with E-state index in [0.717, 1.165) is 22.5 Å². The largest absolute Gasteiger partial charge is 0.416 e. The number of sulfonamides is 2. The van der Waals surface area contributed by atoms with Gasteiger partial charge in [0.05, 0.1) is 38.6 Å². The molecule has 0 unspecified atom stereocenters. The van der Waals surface area contributed by atoms with Crippen LogP contribution in [0.25, 0.3) is 0 Å². The maximum atomic E-state index is 13.4. The molecule has 8 nitrogen and oxygen atoms in total. The fourth-order valence-electron chi connectivity index (χ4n) is 5.46. The van der Waals surface area contributed by atoms with Crippen molar-refractivity contribution in [2.75, 3.05) is 21.3 Å². The summed E-state index contributed by atoms with van der Waals surface area (Å²) in [7, 11) is -8.11. The highest BCUT2D eigenvalue weighted by Gasteiger charge is 2.79. The van der Waals surface area contributed by atoms with Gasteiger partial charge in [0.15, 0.2) is 0 Å². The maximum Gasteiger partial charge on any atom is 0.416 e. The molecule has 4 aliphatic rings. The highest BCUT2D eigenvalue weighted by molar-refractivity contribution is 7.93. The maximum absolute atomic E-state index is 13.4. The lowest BCUT2D eigenvalue weighted by Gasteiger charge is -2.70. The van der Waals surface area contributed by atoms with Crippen LogP contribution in [0.2, 0.25) is 0 Å². The van der Waals surface area contributed by atoms with Gasteiger partial charge in [-0.2, -0.15) is 26.3 Å². The fraction of sp³-hybridized carbons (Fsp3) is 0.435. The van der Waals surface area contributed by atoms with E-state index in [1.54, 1.807) is 0 Å². The van der Waals surface area contributed by atoms with Crippen LogP contribution in [0, 0.1) is 5.41 Å². The van der Waals surface area contributed by atoms with E-state index in [4.69, 9.17) is 0 Å². The summed E-state index contributed by atoms with van der Waals surface area (Å²) in [6.45, 7) is 0.209. The van der Waals surface area contributed by atoms with Gasteiger partial charge in [0.1, 0.15) is 0 Å². The van der Waals surface area contributed by atoms with Gasteiger partial charge in [-0.15, -0.1) is 0 Å². The van der Waals surface area contributed by atoms with Crippen LogP contribution < -0.4 is 14.3 Å². The Bertz CT molecular complexity index is 1530. The van der Waals surface area contributed by atoms with Crippen molar-refractivity contribution < 1.29 is 48.0 Å². The molecule has 212 valence electrons. The molecule has 0 spiro atoms. The molecule has 2 bridgehead atoms. The van der Waals surface area contributed by atoms with Crippen LogP contribution in [-0.4, -0.2) is 46.8 Å². The number of benzene rings is 2. The fourth-order valence-corrected chi connectivity index (χ4v) is 8.09. The zero-order valence-corrected chi connectivity index (χ0v) is 21.5. The number of alkyl halides is 6. The number of rotatable bonds is 6. The standard InChI is InChI=1S/C23H21F6N3O5S2/c24-22(25,26)14-2-7-17(19(33)30-21-11-20(12-21,13-21)23(27,28)29)18(10-14)31-39(36,37)16-5-3-15(4-6-16)32-8-1-9-38(32,34)35/h2-7,10,31H,1,8-9,11-13H2,(H,30,33). The highest BCUT2D eigenvalue weighted by atomic mass is 32.2. The molecule has 2 aromatic carbocycles. The van der Waals surface area contributed by atoms with E-state index in [1.165, 1.54) is 12.1 Å². The minimum Gasteiger partial charge on any atom is -0.346 e. The van der Waals surface area contributed by atoms with Crippen LogP contribution in [0.15, 0.2) is 47.4 Å². The van der Waals surface area contributed by atoms with E-state index in [2.05, 4.69) is 5.32 Å². The van der Waals surface area contributed by atoms with Crippen LogP contribution in [0.5, 0.6) is 0 Å². The Morgan fingerprint density at radius 3 is 2.08 bits per heavy atom. The van der Waals surface area contributed by atoms with Crippen molar-refractivity contribution in [3.05, 3.63) is 53.6 Å². The molecule has 16 heteroatoms. The van der Waals surface area contributed by atoms with Gasteiger partial charge in [-0.25, -0.2) is 16.8 Å². The molecule has 1 amide bonds. The second-order valence-electron chi connectivity index (χ2n) is 10.1. The first-order chi connectivity index (χ1) is 17.9. The Labute approximate surface area is 219 Å². The summed E-state index contributed by atoms with van der Waals surface area (Å²) in [6, 6.07) is 6.35. The molecule has 1 saturated heterocycles. The lowest BCUT2D eigenvalue weighted by atomic mass is 9.39. The van der Waals surface area contributed by atoms with E-state index < -0.39 is 71.0 Å². The van der Waals surface area contributed by atoms with Crippen molar-refractivity contribution in [2.24, 2.45) is 5.41 Å². The second-order valence-corrected chi connectivity index (χ2v) is 13.8. The Balaban J connectivity index is 1.40. The van der Waals surface area contributed by atoms with Crippen molar-refractivity contribution in [1.82, 2.24) is 5.32 Å². The third-order valence-electron chi connectivity index (χ3n) is 7.38. The molecule has 0 radical (unpaired) electrons. The van der Waals surface area contributed by atoms with Crippen molar-refractivity contribution in [2.45, 2.75) is 48.5 Å². The van der Waals surface area contributed by atoms with E-state index in [0.29, 0.717) is 18.6 Å². The summed E-state index contributed by atoms with van der Waals surface area (Å²) in [5.41, 5.74) is -5.31. The smallest absolute Gasteiger partial charge is 0.346 e. The van der Waals surface area contributed by atoms with E-state index in [9.17, 15) is 48.0 Å². The number of nitrogens with zero attached hydrogens (tertiary/aromatic N) is 1. The summed E-state index contributed by atoms with van der Waals surface area (Å²) >= 11 is 0. The van der Waals surface area contributed by atoms with Crippen LogP contribution in [0.3, 0.4) is 0 Å². The minimum atomic E-state index is -4.88. The topological polar surface area (TPSA) is 113 Å². The quantitative estimate of drug-likeness (QED) is 0.484. The van der Waals surface area contributed by atoms with E-state index in [-0.39, 0.29) is 37.2 Å². The molecule has 1 heterocycles. The lowest BCUT2D eigenvalue weighted by molar-refractivity contribution is -0.336. The number of carbonyl (C=O) groups excluding carboxylic acids is 1. The van der Waals surface area contributed by atoms with Gasteiger partial charge in [0, 0.05) is 12.1 Å². The predicted molar refractivity (Wildman–Crippen MR) is 127 cm³/mol. The Morgan fingerprint density at radius 1 is 0.949 bits per heavy atom. The molecular weight excluding hydrogens is 576 g/mol. The molecule has 1 aliphatic heterocycles. The van der Waals surface area contributed by atoms with Crippen molar-refractivity contribution in [3.63, 3.8) is 0 Å². The molecule has 4 fully saturated rings. The third-order valence-corrected chi connectivity index (χ3v) is 10.6. The molecule has 2 aromatic rings. The molecule has 0 aromatic heterocycles. The number of hydrogen-bond donors (Lipinski definition) is 2. The highest BCUT2D eigenvalue weighted by Crippen LogP contribution is 2.73. The SMILES string of the molecule is O=C(NC12CC(C(F)(F)F)(C1)C2)c1ccc(C(F)(F)F)cc1NS(=O)(=O)c1ccc(N2CCCS2(=O)=O)cc1. The first-order valence-corrected chi connectivity index (χ1v) is 14.7. The van der Waals surface area contributed by atoms with Crippen molar-refractivity contribution in [1.29, 1.82) is 0 Å². The third kappa shape index (κ3) is 4.70. The summed E-state index contributed by atoms with van der Waals surface area (Å²) in [4.78, 5) is 12.5. The Hall–Kier alpha value is -3.01. The van der Waals surface area contributed by atoms with Crippen LogP contribution >= 0.6 is 0 Å². The molecule has 2 N–H and O–H groups in total. The average molecular weight is 598 g/mol. The second kappa shape index (κ2) is 8.49. The number of anilines is 2. The van der Waals surface area contributed by atoms with Crippen molar-refractivity contribution >= 4 is 37.3 Å². The first-order valence-electron chi connectivity index (χ1n) is 11.6. The summed E-state index contributed by atoms with van der Waals surface area (Å²) in [6.07, 6.45) is -10.0. The molecule has 3 saturated carbocycles. The van der Waals surface area contributed by atoms with Gasteiger partial charge < -0.3 is 5.32 Å². The number of halogens is 6. The Kier molecular flexibility index (Phi) is 6.00. The first kappa shape index (κ1) is 27.6. The average Bonchev–Trinajstić information content (AvgIpc) is 3.12. The molecule has 39 heavy (non-hydrogen) atoms. The van der Waals surface area contributed by atoms with Gasteiger partial charge >= 0.3 is 12.4 Å². The molecular formula is C23H21F6N3O5S2. The van der Waals surface area contributed by atoms with Gasteiger partial charge in [0.2, 0.25) is 10.0 Å². The summed E-state index contributed by atoms with van der Waals surface area (Å²) in [5, 5.41) is 2.43. The number of amides is 1. The summed E-state index contributed by atoms with van der Waals surface area (Å²) < 4.78 is 133. The van der Waals surface area contributed by atoms with Gasteiger partial charge in [0.25, 0.3) is 15.9 Å². The number of hydrogen-bond acceptors (Lipinski definition) is 5. The van der Waals surface area contributed by atoms with Crippen LogP contribution in [-0.2, 0) is 26.2 Å².